The van der Waals surface area contributed by atoms with Gasteiger partial charge in [-0.2, -0.15) is 0 Å². The molecule has 5 nitrogen and oxygen atoms in total. The van der Waals surface area contributed by atoms with Crippen molar-refractivity contribution in [3.63, 3.8) is 0 Å². The molecule has 0 spiro atoms. The van der Waals surface area contributed by atoms with E-state index < -0.39 is 11.8 Å². The maximum absolute atomic E-state index is 13.0. The van der Waals surface area contributed by atoms with Crippen molar-refractivity contribution in [2.45, 2.75) is 18.9 Å². The molecule has 3 aromatic rings. The average molecular weight is 366 g/mol. The summed E-state index contributed by atoms with van der Waals surface area (Å²) >= 11 is 6.02. The van der Waals surface area contributed by atoms with E-state index in [0.29, 0.717) is 29.0 Å². The highest BCUT2D eigenvalue weighted by molar-refractivity contribution is 6.29. The van der Waals surface area contributed by atoms with E-state index in [-0.39, 0.29) is 18.3 Å². The first-order chi connectivity index (χ1) is 12.0. The fraction of sp³-hybridized carbons (Fsp3) is 0.294. The summed E-state index contributed by atoms with van der Waals surface area (Å²) in [6, 6.07) is 8.89. The monoisotopic (exact) mass is 365 g/mol. The Morgan fingerprint density at radius 1 is 1.28 bits per heavy atom. The molecule has 1 saturated carbocycles. The molecule has 8 heteroatoms. The van der Waals surface area contributed by atoms with E-state index >= 15 is 0 Å². The van der Waals surface area contributed by atoms with Gasteiger partial charge in [-0.15, -0.1) is 0 Å². The van der Waals surface area contributed by atoms with E-state index in [1.165, 1.54) is 0 Å². The summed E-state index contributed by atoms with van der Waals surface area (Å²) in [5.41, 5.74) is 0.480. The van der Waals surface area contributed by atoms with E-state index in [1.807, 2.05) is 12.1 Å². The molecule has 4 rings (SSSR count). The summed E-state index contributed by atoms with van der Waals surface area (Å²) in [5.74, 6) is -1.69. The van der Waals surface area contributed by atoms with Crippen LogP contribution in [0.5, 0.6) is 5.75 Å². The van der Waals surface area contributed by atoms with Crippen LogP contribution in [0.2, 0.25) is 5.28 Å². The Morgan fingerprint density at radius 3 is 2.84 bits per heavy atom. The lowest BCUT2D eigenvalue weighted by atomic mass is 10.2. The molecule has 0 saturated heterocycles. The van der Waals surface area contributed by atoms with Gasteiger partial charge >= 0.3 is 0 Å². The van der Waals surface area contributed by atoms with Crippen LogP contribution in [0.4, 0.5) is 14.6 Å². The molecular formula is C17H14ClF2N3O2. The van der Waals surface area contributed by atoms with Gasteiger partial charge in [-0.1, -0.05) is 6.07 Å². The standard InChI is InChI=1S/C17H14ClF2N3O2/c18-16-22-14-12(15(23-16)21-8-11-3-2-6-24-11)4-1-5-13(14)25-9-10-7-17(10,19)20/h1-6,10H,7-9H2,(H,21,22,23). The topological polar surface area (TPSA) is 60.2 Å². The van der Waals surface area contributed by atoms with E-state index in [0.717, 1.165) is 5.76 Å². The molecule has 2 aromatic heterocycles. The van der Waals surface area contributed by atoms with Crippen LogP contribution in [0.1, 0.15) is 12.2 Å². The number of anilines is 1. The zero-order valence-electron chi connectivity index (χ0n) is 13.0. The minimum absolute atomic E-state index is 0.0437. The largest absolute Gasteiger partial charge is 0.491 e. The highest BCUT2D eigenvalue weighted by Crippen LogP contribution is 2.48. The Balaban J connectivity index is 1.59. The molecule has 2 heterocycles. The van der Waals surface area contributed by atoms with E-state index in [4.69, 9.17) is 20.8 Å². The van der Waals surface area contributed by atoms with Crippen molar-refractivity contribution >= 4 is 28.3 Å². The fourth-order valence-corrected chi connectivity index (χ4v) is 2.74. The fourth-order valence-electron chi connectivity index (χ4n) is 2.57. The quantitative estimate of drug-likeness (QED) is 0.651. The number of benzene rings is 1. The molecule has 1 N–H and O–H groups in total. The van der Waals surface area contributed by atoms with Crippen LogP contribution in [0, 0.1) is 5.92 Å². The van der Waals surface area contributed by atoms with Gasteiger partial charge in [-0.25, -0.2) is 18.7 Å². The molecule has 0 radical (unpaired) electrons. The third kappa shape index (κ3) is 3.37. The first-order valence-electron chi connectivity index (χ1n) is 7.76. The van der Waals surface area contributed by atoms with Gasteiger partial charge in [-0.3, -0.25) is 0 Å². The van der Waals surface area contributed by atoms with Gasteiger partial charge in [0.05, 0.1) is 25.3 Å². The number of hydrogen-bond acceptors (Lipinski definition) is 5. The van der Waals surface area contributed by atoms with Gasteiger partial charge in [0.25, 0.3) is 5.92 Å². The summed E-state index contributed by atoms with van der Waals surface area (Å²) in [6.45, 7) is 0.373. The number of para-hydroxylation sites is 1. The lowest BCUT2D eigenvalue weighted by Gasteiger charge is -2.12. The summed E-state index contributed by atoms with van der Waals surface area (Å²) in [7, 11) is 0. The van der Waals surface area contributed by atoms with Crippen molar-refractivity contribution in [1.82, 2.24) is 9.97 Å². The number of alkyl halides is 2. The zero-order chi connectivity index (χ0) is 17.4. The Kier molecular flexibility index (Phi) is 3.95. The molecule has 0 aliphatic heterocycles. The van der Waals surface area contributed by atoms with Crippen LogP contribution in [-0.2, 0) is 6.54 Å². The van der Waals surface area contributed by atoms with E-state index in [2.05, 4.69) is 15.3 Å². The molecule has 1 aromatic carbocycles. The highest BCUT2D eigenvalue weighted by atomic mass is 35.5. The van der Waals surface area contributed by atoms with Gasteiger partial charge in [0.15, 0.2) is 0 Å². The molecule has 1 fully saturated rings. The smallest absolute Gasteiger partial charge is 0.255 e. The molecule has 130 valence electrons. The van der Waals surface area contributed by atoms with Crippen LogP contribution >= 0.6 is 11.6 Å². The van der Waals surface area contributed by atoms with Crippen molar-refractivity contribution in [3.05, 3.63) is 47.6 Å². The van der Waals surface area contributed by atoms with Crippen LogP contribution in [0.15, 0.2) is 41.0 Å². The lowest BCUT2D eigenvalue weighted by molar-refractivity contribution is 0.0858. The minimum atomic E-state index is -2.62. The van der Waals surface area contributed by atoms with Crippen molar-refractivity contribution in [1.29, 1.82) is 0 Å². The predicted molar refractivity (Wildman–Crippen MR) is 89.1 cm³/mol. The summed E-state index contributed by atoms with van der Waals surface area (Å²) in [6.07, 6.45) is 1.45. The first kappa shape index (κ1) is 16.1. The lowest BCUT2D eigenvalue weighted by Crippen LogP contribution is -2.07. The zero-order valence-corrected chi connectivity index (χ0v) is 13.8. The van der Waals surface area contributed by atoms with Gasteiger partial charge in [0.1, 0.15) is 22.8 Å². The first-order valence-corrected chi connectivity index (χ1v) is 8.14. The Morgan fingerprint density at radius 2 is 2.12 bits per heavy atom. The van der Waals surface area contributed by atoms with Crippen LogP contribution in [-0.4, -0.2) is 22.5 Å². The number of hydrogen-bond donors (Lipinski definition) is 1. The molecular weight excluding hydrogens is 352 g/mol. The molecule has 1 aliphatic rings. The van der Waals surface area contributed by atoms with Crippen molar-refractivity contribution < 1.29 is 17.9 Å². The number of furan rings is 1. The molecule has 0 bridgehead atoms. The van der Waals surface area contributed by atoms with Crippen molar-refractivity contribution in [2.75, 3.05) is 11.9 Å². The average Bonchev–Trinajstić information content (AvgIpc) is 2.98. The molecule has 25 heavy (non-hydrogen) atoms. The number of rotatable bonds is 6. The third-order valence-electron chi connectivity index (χ3n) is 4.07. The number of halogens is 3. The highest BCUT2D eigenvalue weighted by Gasteiger charge is 2.57. The van der Waals surface area contributed by atoms with Gasteiger partial charge in [0, 0.05) is 11.8 Å². The third-order valence-corrected chi connectivity index (χ3v) is 4.24. The number of fused-ring (bicyclic) bond motifs is 1. The van der Waals surface area contributed by atoms with Gasteiger partial charge in [0.2, 0.25) is 5.28 Å². The van der Waals surface area contributed by atoms with Crippen molar-refractivity contribution in [3.8, 4) is 5.75 Å². The molecule has 1 atom stereocenters. The maximum Gasteiger partial charge on any atom is 0.255 e. The van der Waals surface area contributed by atoms with E-state index in [1.54, 1.807) is 24.5 Å². The van der Waals surface area contributed by atoms with Crippen LogP contribution in [0.25, 0.3) is 10.9 Å². The number of aromatic nitrogens is 2. The Hall–Kier alpha value is -2.41. The molecule has 1 unspecified atom stereocenters. The summed E-state index contributed by atoms with van der Waals surface area (Å²) < 4.78 is 36.9. The SMILES string of the molecule is FC1(F)CC1COc1cccc2c(NCc3ccco3)nc(Cl)nc12. The molecule has 0 amide bonds. The van der Waals surface area contributed by atoms with Crippen LogP contribution < -0.4 is 10.1 Å². The second-order valence-corrected chi connectivity index (χ2v) is 6.24. The maximum atomic E-state index is 13.0. The second-order valence-electron chi connectivity index (χ2n) is 5.90. The number of ether oxygens (including phenoxy) is 1. The van der Waals surface area contributed by atoms with Crippen LogP contribution in [0.3, 0.4) is 0 Å². The Bertz CT molecular complexity index is 902. The minimum Gasteiger partial charge on any atom is -0.491 e. The van der Waals surface area contributed by atoms with Gasteiger partial charge in [-0.05, 0) is 35.9 Å². The second kappa shape index (κ2) is 6.15. The Labute approximate surface area is 147 Å². The van der Waals surface area contributed by atoms with Gasteiger partial charge < -0.3 is 14.5 Å². The summed E-state index contributed by atoms with van der Waals surface area (Å²) in [5, 5.41) is 3.88. The number of nitrogens with one attached hydrogen (secondary N) is 1. The normalized spacial score (nSPS) is 18.3. The predicted octanol–water partition coefficient (Wildman–Crippen LogP) is 4.52. The summed E-state index contributed by atoms with van der Waals surface area (Å²) in [4.78, 5) is 8.39. The number of nitrogens with zero attached hydrogens (tertiary/aromatic N) is 2. The molecule has 1 aliphatic carbocycles. The van der Waals surface area contributed by atoms with E-state index in [9.17, 15) is 8.78 Å². The van der Waals surface area contributed by atoms with Crippen molar-refractivity contribution in [2.24, 2.45) is 5.92 Å².